The Hall–Kier alpha value is -2.09. The Morgan fingerprint density at radius 3 is 2.61 bits per heavy atom. The summed E-state index contributed by atoms with van der Waals surface area (Å²) >= 11 is 2.72. The minimum atomic E-state index is -1.80. The Labute approximate surface area is 189 Å². The van der Waals surface area contributed by atoms with E-state index in [-0.39, 0.29) is 0 Å². The average molecular weight is 463 g/mol. The summed E-state index contributed by atoms with van der Waals surface area (Å²) in [5, 5.41) is 21.2. The van der Waals surface area contributed by atoms with Crippen LogP contribution < -0.4 is 11.1 Å². The van der Waals surface area contributed by atoms with Gasteiger partial charge in [-0.15, -0.1) is 23.1 Å². The van der Waals surface area contributed by atoms with Gasteiger partial charge in [-0.25, -0.2) is 4.79 Å². The monoisotopic (exact) mass is 462 g/mol. The molecule has 31 heavy (non-hydrogen) atoms. The molecule has 0 spiro atoms. The molecule has 4 N–H and O–H groups in total. The van der Waals surface area contributed by atoms with Gasteiger partial charge >= 0.3 is 5.97 Å². The second-order valence-corrected chi connectivity index (χ2v) is 11.9. The van der Waals surface area contributed by atoms with E-state index in [2.05, 4.69) is 5.32 Å². The molecule has 2 saturated heterocycles. The lowest BCUT2D eigenvalue weighted by Gasteiger charge is -2.49. The molecule has 3 aliphatic rings. The van der Waals surface area contributed by atoms with Crippen molar-refractivity contribution in [1.82, 2.24) is 10.2 Å². The fourth-order valence-electron chi connectivity index (χ4n) is 4.85. The van der Waals surface area contributed by atoms with Crippen molar-refractivity contribution in [3.63, 3.8) is 0 Å². The SMILES string of the molecule is CC1(C)S[C@H]2N(C(=O)C2(C#N)NC(=O)C(N)c2ccc(C3CCCCC3)s2)[C@H]1C(=O)O. The number of carbonyl (C=O) groups excluding carboxylic acids is 2. The van der Waals surface area contributed by atoms with Crippen molar-refractivity contribution in [2.24, 2.45) is 5.73 Å². The molecule has 8 nitrogen and oxygen atoms in total. The number of rotatable bonds is 5. The highest BCUT2D eigenvalue weighted by molar-refractivity contribution is 8.01. The van der Waals surface area contributed by atoms with Crippen LogP contribution in [0.15, 0.2) is 12.1 Å². The molecule has 0 aromatic carbocycles. The molecule has 2 unspecified atom stereocenters. The maximum Gasteiger partial charge on any atom is 0.327 e. The number of β-lactam (4-membered cyclic amide) rings is 1. The Balaban J connectivity index is 1.50. The van der Waals surface area contributed by atoms with Crippen LogP contribution in [0.25, 0.3) is 0 Å². The highest BCUT2D eigenvalue weighted by atomic mass is 32.2. The van der Waals surface area contributed by atoms with Gasteiger partial charge in [0.2, 0.25) is 11.4 Å². The van der Waals surface area contributed by atoms with E-state index in [0.717, 1.165) is 12.8 Å². The van der Waals surface area contributed by atoms with Crippen LogP contribution in [-0.4, -0.2) is 49.5 Å². The fraction of sp³-hybridized carbons (Fsp3) is 0.619. The normalized spacial score (nSPS) is 30.8. The van der Waals surface area contributed by atoms with Crippen molar-refractivity contribution in [1.29, 1.82) is 5.26 Å². The largest absolute Gasteiger partial charge is 0.480 e. The molecular weight excluding hydrogens is 436 g/mol. The summed E-state index contributed by atoms with van der Waals surface area (Å²) in [4.78, 5) is 40.6. The number of nitrogens with zero attached hydrogens (tertiary/aromatic N) is 2. The molecule has 1 aromatic heterocycles. The summed E-state index contributed by atoms with van der Waals surface area (Å²) in [5.41, 5.74) is 4.40. The predicted molar refractivity (Wildman–Crippen MR) is 117 cm³/mol. The number of hydrogen-bond donors (Lipinski definition) is 3. The third-order valence-electron chi connectivity index (χ3n) is 6.52. The van der Waals surface area contributed by atoms with E-state index in [4.69, 9.17) is 5.73 Å². The summed E-state index contributed by atoms with van der Waals surface area (Å²) in [6, 6.07) is 3.75. The number of amides is 2. The number of fused-ring (bicyclic) bond motifs is 1. The molecule has 1 aromatic rings. The number of thioether (sulfide) groups is 1. The van der Waals surface area contributed by atoms with Gasteiger partial charge in [-0.2, -0.15) is 5.26 Å². The van der Waals surface area contributed by atoms with Gasteiger partial charge in [0.25, 0.3) is 5.91 Å². The Morgan fingerprint density at radius 2 is 2.00 bits per heavy atom. The minimum absolute atomic E-state index is 0.500. The predicted octanol–water partition coefficient (Wildman–Crippen LogP) is 2.32. The van der Waals surface area contributed by atoms with Crippen molar-refractivity contribution in [2.45, 2.75) is 79.6 Å². The number of carboxylic acid groups (broad SMARTS) is 1. The lowest BCUT2D eigenvalue weighted by atomic mass is 9.85. The van der Waals surface area contributed by atoms with Crippen LogP contribution in [0.1, 0.15) is 67.7 Å². The lowest BCUT2D eigenvalue weighted by molar-refractivity contribution is -0.165. The summed E-state index contributed by atoms with van der Waals surface area (Å²) in [7, 11) is 0. The van der Waals surface area contributed by atoms with Gasteiger partial charge in [0.05, 0.1) is 0 Å². The number of nitrogens with two attached hydrogens (primary N) is 1. The van der Waals surface area contributed by atoms with Crippen molar-refractivity contribution in [3.8, 4) is 6.07 Å². The van der Waals surface area contributed by atoms with Crippen LogP contribution in [0.4, 0.5) is 0 Å². The van der Waals surface area contributed by atoms with Crippen LogP contribution >= 0.6 is 23.1 Å². The standard InChI is InChI=1S/C21H26N4O4S2/c1-20(2)15(17(27)28)25-18(29)21(10-22,19(25)31-20)24-16(26)14(23)13-9-8-12(30-13)11-6-4-3-5-7-11/h8-9,11,14-15,19H,3-7,23H2,1-2H3,(H,24,26)(H,27,28)/t14?,15-,19+,21?/m0/s1. The van der Waals surface area contributed by atoms with Crippen molar-refractivity contribution >= 4 is 40.9 Å². The van der Waals surface area contributed by atoms with Gasteiger partial charge in [0.15, 0.2) is 0 Å². The van der Waals surface area contributed by atoms with Crippen LogP contribution in [0, 0.1) is 11.3 Å². The molecule has 0 radical (unpaired) electrons. The van der Waals surface area contributed by atoms with Crippen molar-refractivity contribution < 1.29 is 19.5 Å². The second kappa shape index (κ2) is 7.80. The van der Waals surface area contributed by atoms with Crippen molar-refractivity contribution in [3.05, 3.63) is 21.9 Å². The first-order chi connectivity index (χ1) is 14.6. The molecule has 10 heteroatoms. The van der Waals surface area contributed by atoms with E-state index in [1.807, 2.05) is 18.2 Å². The van der Waals surface area contributed by atoms with E-state index in [1.54, 1.807) is 13.8 Å². The Morgan fingerprint density at radius 1 is 1.32 bits per heavy atom. The van der Waals surface area contributed by atoms with Gasteiger partial charge in [-0.05, 0) is 44.7 Å². The highest BCUT2D eigenvalue weighted by Gasteiger charge is 2.73. The quantitative estimate of drug-likeness (QED) is 0.571. The van der Waals surface area contributed by atoms with E-state index in [0.29, 0.717) is 10.8 Å². The van der Waals surface area contributed by atoms with Crippen LogP contribution in [0.2, 0.25) is 0 Å². The number of nitriles is 1. The first-order valence-corrected chi connectivity index (χ1v) is 12.1. The zero-order valence-corrected chi connectivity index (χ0v) is 19.1. The molecule has 1 aliphatic carbocycles. The lowest BCUT2D eigenvalue weighted by Crippen LogP contribution is -2.79. The molecule has 4 atom stereocenters. The van der Waals surface area contributed by atoms with Gasteiger partial charge in [-0.3, -0.25) is 9.59 Å². The maximum absolute atomic E-state index is 12.9. The number of carbonyl (C=O) groups is 3. The van der Waals surface area contributed by atoms with Crippen molar-refractivity contribution in [2.75, 3.05) is 0 Å². The molecule has 2 aliphatic heterocycles. The third-order valence-corrected chi connectivity index (χ3v) is 9.49. The Kier molecular flexibility index (Phi) is 5.56. The minimum Gasteiger partial charge on any atom is -0.480 e. The van der Waals surface area contributed by atoms with E-state index in [9.17, 15) is 24.8 Å². The fourth-order valence-corrected chi connectivity index (χ4v) is 7.67. The van der Waals surface area contributed by atoms with Crippen LogP contribution in [-0.2, 0) is 14.4 Å². The zero-order chi connectivity index (χ0) is 22.6. The first kappa shape index (κ1) is 22.1. The molecule has 3 fully saturated rings. The van der Waals surface area contributed by atoms with E-state index in [1.165, 1.54) is 52.1 Å². The second-order valence-electron chi connectivity index (χ2n) is 8.99. The molecule has 2 amide bonds. The maximum atomic E-state index is 12.9. The number of aliphatic carboxylic acids is 1. The molecule has 3 heterocycles. The number of nitrogens with one attached hydrogen (secondary N) is 1. The first-order valence-electron chi connectivity index (χ1n) is 10.4. The summed E-state index contributed by atoms with van der Waals surface area (Å²) in [6.07, 6.45) is 5.96. The third kappa shape index (κ3) is 3.43. The molecular formula is C21H26N4O4S2. The summed E-state index contributed by atoms with van der Waals surface area (Å²) in [5.74, 6) is -1.93. The summed E-state index contributed by atoms with van der Waals surface area (Å²) in [6.45, 7) is 3.44. The number of thiophene rings is 1. The van der Waals surface area contributed by atoms with Gasteiger partial charge < -0.3 is 21.1 Å². The van der Waals surface area contributed by atoms with E-state index < -0.39 is 45.5 Å². The van der Waals surface area contributed by atoms with Gasteiger partial charge in [-0.1, -0.05) is 19.3 Å². The van der Waals surface area contributed by atoms with E-state index >= 15 is 0 Å². The molecule has 4 rings (SSSR count). The topological polar surface area (TPSA) is 137 Å². The summed E-state index contributed by atoms with van der Waals surface area (Å²) < 4.78 is -0.791. The Bertz CT molecular complexity index is 965. The van der Waals surface area contributed by atoms with Crippen LogP contribution in [0.5, 0.6) is 0 Å². The highest BCUT2D eigenvalue weighted by Crippen LogP contribution is 2.54. The number of carboxylic acids is 1. The van der Waals surface area contributed by atoms with Crippen LogP contribution in [0.3, 0.4) is 0 Å². The molecule has 1 saturated carbocycles. The zero-order valence-electron chi connectivity index (χ0n) is 17.5. The van der Waals surface area contributed by atoms with Gasteiger partial charge in [0, 0.05) is 14.5 Å². The molecule has 0 bridgehead atoms. The number of hydrogen-bond acceptors (Lipinski definition) is 7. The smallest absolute Gasteiger partial charge is 0.327 e. The van der Waals surface area contributed by atoms with Gasteiger partial charge in [0.1, 0.15) is 23.5 Å². The average Bonchev–Trinajstić information content (AvgIpc) is 3.33. The molecule has 166 valence electrons.